The molecule has 0 aliphatic rings. The second-order valence-corrected chi connectivity index (χ2v) is 0.685. The van der Waals surface area contributed by atoms with E-state index in [0.29, 0.717) is 0 Å². The fourth-order valence-electron chi connectivity index (χ4n) is 0. The molecule has 0 saturated heterocycles. The van der Waals surface area contributed by atoms with Gasteiger partial charge in [0.15, 0.2) is 0 Å². The molecule has 13 heteroatoms. The van der Waals surface area contributed by atoms with Crippen LogP contribution in [-0.4, -0.2) is 20.5 Å². The number of hydrogen-bond donors (Lipinski definition) is 1. The third-order valence-corrected chi connectivity index (χ3v) is 0. The smallest absolute Gasteiger partial charge is 0.291 e. The summed E-state index contributed by atoms with van der Waals surface area (Å²) < 4.78 is 0. The first kappa shape index (κ1) is 22.5. The Bertz CT molecular complexity index is 112. The summed E-state index contributed by atoms with van der Waals surface area (Å²) in [4.78, 5) is 24.9. The van der Waals surface area contributed by atoms with Crippen LogP contribution in [0.25, 0.3) is 0 Å². The number of rotatable bonds is 0. The zero-order chi connectivity index (χ0) is 10.7. The first-order valence-electron chi connectivity index (χ1n) is 1.66. The fourth-order valence-corrected chi connectivity index (χ4v) is 0. The first-order valence-corrected chi connectivity index (χ1v) is 1.66. The molecule has 0 aromatic rings. The molecule has 13 heavy (non-hydrogen) atoms. The van der Waals surface area contributed by atoms with Gasteiger partial charge in [0.2, 0.25) is 0 Å². The van der Waals surface area contributed by atoms with Gasteiger partial charge in [0.05, 0.1) is 10.2 Å². The molecule has 0 heterocycles. The second-order valence-electron chi connectivity index (χ2n) is 0.685. The summed E-state index contributed by atoms with van der Waals surface area (Å²) >= 11 is 0. The van der Waals surface area contributed by atoms with Crippen LogP contribution in [-0.2, 0) is 19.5 Å². The monoisotopic (exact) mass is 289 g/mol. The summed E-state index contributed by atoms with van der Waals surface area (Å²) in [5.74, 6) is 0. The molecule has 0 unspecified atom stereocenters. The average Bonchev–Trinajstić information content (AvgIpc) is 1.54. The van der Waals surface area contributed by atoms with E-state index >= 15 is 0 Å². The molecule has 0 bridgehead atoms. The predicted octanol–water partition coefficient (Wildman–Crippen LogP) is -0.828. The molecule has 0 aromatic carbocycles. The molecular weight excluding hydrogens is 287 g/mol. The molecule has 0 aliphatic heterocycles. The van der Waals surface area contributed by atoms with Gasteiger partial charge in [-0.25, -0.2) is 0 Å². The van der Waals surface area contributed by atoms with Crippen molar-refractivity contribution in [1.82, 2.24) is 0 Å². The zero-order valence-corrected chi connectivity index (χ0v) is 7.15. The van der Waals surface area contributed by atoms with Crippen molar-refractivity contribution in [3.8, 4) is 0 Å². The van der Waals surface area contributed by atoms with Gasteiger partial charge in [0.1, 0.15) is 0 Å². The van der Waals surface area contributed by atoms with Crippen LogP contribution in [0.1, 0.15) is 0 Å². The van der Waals surface area contributed by atoms with Gasteiger partial charge in [0, 0.05) is 19.5 Å². The van der Waals surface area contributed by atoms with Crippen LogP contribution >= 0.6 is 0 Å². The Labute approximate surface area is 81.5 Å². The maximum absolute atomic E-state index is 8.36. The van der Waals surface area contributed by atoms with E-state index in [4.69, 9.17) is 46.0 Å². The van der Waals surface area contributed by atoms with Crippen molar-refractivity contribution in [2.75, 3.05) is 0 Å². The van der Waals surface area contributed by atoms with E-state index in [-0.39, 0.29) is 19.5 Å². The van der Waals surface area contributed by atoms with Crippen molar-refractivity contribution in [2.24, 2.45) is 0 Å². The van der Waals surface area contributed by atoms with E-state index in [2.05, 4.69) is 0 Å². The molecule has 0 aromatic heterocycles. The van der Waals surface area contributed by atoms with Crippen molar-refractivity contribution in [3.63, 3.8) is 0 Å². The standard InChI is InChI=1S/HNO3.2NO3.Ru/c3*2-1(3)4;/h(H,2,3,4);;;/q;2*-1;. The molecule has 0 rings (SSSR count). The fraction of sp³-hybridized carbons (Fsp3) is 0. The van der Waals surface area contributed by atoms with Gasteiger partial charge in [-0.1, -0.05) is 0 Å². The minimum atomic E-state index is -1.75. The maximum Gasteiger partial charge on any atom is 0.291 e. The van der Waals surface area contributed by atoms with Crippen LogP contribution in [0.4, 0.5) is 0 Å². The van der Waals surface area contributed by atoms with E-state index in [1.807, 2.05) is 0 Å². The zero-order valence-electron chi connectivity index (χ0n) is 5.41. The largest absolute Gasteiger partial charge is 0.356 e. The minimum absolute atomic E-state index is 0. The summed E-state index contributed by atoms with van der Waals surface area (Å²) in [6.07, 6.45) is 0. The Kier molecular flexibility index (Phi) is 28.8. The van der Waals surface area contributed by atoms with Crippen molar-refractivity contribution in [1.29, 1.82) is 0 Å². The third kappa shape index (κ3) is 219. The summed E-state index contributed by atoms with van der Waals surface area (Å²) in [5.41, 5.74) is 0. The molecular formula is HN3O9Ru-2. The molecule has 1 N–H and O–H groups in total. The minimum Gasteiger partial charge on any atom is -0.356 e. The van der Waals surface area contributed by atoms with Crippen molar-refractivity contribution in [2.45, 2.75) is 0 Å². The van der Waals surface area contributed by atoms with Crippen LogP contribution in [0.3, 0.4) is 0 Å². The Hall–Kier alpha value is -1.78. The quantitative estimate of drug-likeness (QED) is 0.335. The Morgan fingerprint density at radius 3 is 0.769 bits per heavy atom. The van der Waals surface area contributed by atoms with E-state index in [1.54, 1.807) is 0 Å². The SMILES string of the molecule is O=[N+]([O-])O.O=[N+]([O-])[O-].O=[N+]([O-])[O-].[Ru]. The molecule has 0 aliphatic carbocycles. The van der Waals surface area contributed by atoms with Crippen LogP contribution in [0.2, 0.25) is 0 Å². The number of hydrogen-bond acceptors (Lipinski definition) is 8. The Morgan fingerprint density at radius 2 is 0.769 bits per heavy atom. The van der Waals surface area contributed by atoms with Gasteiger partial charge in [-0.05, 0) is 0 Å². The van der Waals surface area contributed by atoms with Crippen LogP contribution in [0.15, 0.2) is 0 Å². The van der Waals surface area contributed by atoms with Crippen molar-refractivity contribution >= 4 is 0 Å². The van der Waals surface area contributed by atoms with E-state index < -0.39 is 15.3 Å². The summed E-state index contributed by atoms with van der Waals surface area (Å²) in [6.45, 7) is 0. The van der Waals surface area contributed by atoms with Gasteiger partial charge < -0.3 is 35.9 Å². The summed E-state index contributed by atoms with van der Waals surface area (Å²) in [7, 11) is 0. The van der Waals surface area contributed by atoms with Crippen molar-refractivity contribution < 1.29 is 39.9 Å². The maximum atomic E-state index is 8.36. The first-order chi connectivity index (χ1) is 5.20. The normalized spacial score (nSPS) is 5.54. The van der Waals surface area contributed by atoms with Crippen LogP contribution in [0, 0.1) is 40.8 Å². The molecule has 0 amide bonds. The van der Waals surface area contributed by atoms with E-state index in [9.17, 15) is 0 Å². The molecule has 0 radical (unpaired) electrons. The summed E-state index contributed by atoms with van der Waals surface area (Å²) in [5, 5.41) is 43.1. The van der Waals surface area contributed by atoms with Crippen LogP contribution in [0.5, 0.6) is 0 Å². The third-order valence-electron chi connectivity index (χ3n) is 0. The topological polar surface area (TPSA) is 196 Å². The average molecular weight is 288 g/mol. The van der Waals surface area contributed by atoms with Crippen molar-refractivity contribution in [3.05, 3.63) is 40.8 Å². The molecule has 0 fully saturated rings. The van der Waals surface area contributed by atoms with E-state index in [1.165, 1.54) is 0 Å². The van der Waals surface area contributed by atoms with Gasteiger partial charge in [-0.15, -0.1) is 10.1 Å². The van der Waals surface area contributed by atoms with Gasteiger partial charge in [0.25, 0.3) is 5.09 Å². The molecule has 0 saturated carbocycles. The molecule has 0 atom stereocenters. The van der Waals surface area contributed by atoms with Crippen LogP contribution < -0.4 is 0 Å². The molecule has 12 nitrogen and oxygen atoms in total. The second kappa shape index (κ2) is 16.7. The molecule has 80 valence electrons. The van der Waals surface area contributed by atoms with E-state index in [0.717, 1.165) is 0 Å². The van der Waals surface area contributed by atoms with Gasteiger partial charge in [-0.3, -0.25) is 0 Å². The van der Waals surface area contributed by atoms with Gasteiger partial charge in [-0.2, -0.15) is 0 Å². The summed E-state index contributed by atoms with van der Waals surface area (Å²) in [6, 6.07) is 0. The Morgan fingerprint density at radius 1 is 0.769 bits per heavy atom. The predicted molar refractivity (Wildman–Crippen MR) is 29.5 cm³/mol. The van der Waals surface area contributed by atoms with Gasteiger partial charge >= 0.3 is 0 Å². The molecule has 0 spiro atoms. The Balaban J connectivity index is -0.0000000450. The number of nitrogens with zero attached hydrogens (tertiary/aromatic N) is 3.